The number of pyridine rings is 1. The van der Waals surface area contributed by atoms with Crippen LogP contribution in [0.4, 0.5) is 54.1 Å². The SMILES string of the molecule is CSNc1nn(CC(F)F)c2c(-n3c(C(Cc4cc(F)cc(F)c4)NC(=O)Cn4nc(C(F)F)c5c4C(F)(F)C4CC54)nc(-c4cccc(C(F)(F)F)n4)cc3=O)ccc(Cl)c12. The minimum atomic E-state index is -4.97. The van der Waals surface area contributed by atoms with Crippen molar-refractivity contribution < 1.29 is 53.1 Å². The number of nitrogens with zero attached hydrogens (tertiary/aromatic N) is 7. The van der Waals surface area contributed by atoms with Gasteiger partial charge in [0.25, 0.3) is 24.3 Å². The number of benzene rings is 2. The maximum atomic E-state index is 15.5. The van der Waals surface area contributed by atoms with E-state index in [1.807, 2.05) is 0 Å². The second-order valence-electron chi connectivity index (χ2n) is 14.4. The Balaban J connectivity index is 1.35. The first kappa shape index (κ1) is 43.0. The summed E-state index contributed by atoms with van der Waals surface area (Å²) in [5.41, 5.74) is -6.48. The predicted octanol–water partition coefficient (Wildman–Crippen LogP) is 8.99. The molecule has 0 saturated heterocycles. The van der Waals surface area contributed by atoms with Crippen molar-refractivity contribution in [2.75, 3.05) is 11.0 Å². The molecule has 1 saturated carbocycles. The molecule has 4 heterocycles. The Morgan fingerprint density at radius 3 is 2.37 bits per heavy atom. The van der Waals surface area contributed by atoms with Crippen LogP contribution in [0, 0.1) is 17.6 Å². The van der Waals surface area contributed by atoms with E-state index in [4.69, 9.17) is 11.6 Å². The third-order valence-corrected chi connectivity index (χ3v) is 11.0. The summed E-state index contributed by atoms with van der Waals surface area (Å²) >= 11 is 7.56. The zero-order valence-electron chi connectivity index (χ0n) is 31.3. The van der Waals surface area contributed by atoms with Crippen LogP contribution in [0.1, 0.15) is 58.8 Å². The number of carbonyl (C=O) groups is 1. The van der Waals surface area contributed by atoms with Gasteiger partial charge in [0.05, 0.1) is 39.0 Å². The number of amides is 1. The quantitative estimate of drug-likeness (QED) is 0.0870. The molecular weight excluding hydrogens is 891 g/mol. The number of hydrogen-bond donors (Lipinski definition) is 2. The molecule has 1 fully saturated rings. The monoisotopic (exact) mass is 917 g/mol. The Kier molecular flexibility index (Phi) is 11.0. The molecule has 0 spiro atoms. The fraction of sp³-hybridized carbons (Fsp3) is 0.316. The van der Waals surface area contributed by atoms with E-state index in [1.54, 1.807) is 6.26 Å². The maximum Gasteiger partial charge on any atom is 0.433 e. The number of aromatic nitrogens is 7. The number of fused-ring (bicyclic) bond motifs is 4. The molecule has 3 unspecified atom stereocenters. The zero-order valence-corrected chi connectivity index (χ0v) is 32.9. The van der Waals surface area contributed by atoms with Gasteiger partial charge >= 0.3 is 6.18 Å². The van der Waals surface area contributed by atoms with E-state index in [0.29, 0.717) is 16.8 Å². The van der Waals surface area contributed by atoms with E-state index < -0.39 is 120 Å². The third kappa shape index (κ3) is 7.83. The van der Waals surface area contributed by atoms with Crippen LogP contribution in [0.25, 0.3) is 28.0 Å². The maximum absolute atomic E-state index is 15.5. The van der Waals surface area contributed by atoms with E-state index in [9.17, 15) is 49.1 Å². The molecule has 326 valence electrons. The molecule has 11 nitrogen and oxygen atoms in total. The average molecular weight is 918 g/mol. The molecule has 0 radical (unpaired) electrons. The zero-order chi connectivity index (χ0) is 44.6. The third-order valence-electron chi connectivity index (χ3n) is 10.3. The standard InChI is InChI=1S/C38H27ClF11N9O2S/c1-62-56-35-30-20(39)5-6-24(32(30)57(55-35)13-26(42)43)59-28(61)12-22(21-3-2-4-25(51-21)38(48,49)50)53-36(59)23(9-15-7-16(40)10-17(41)8-15)52-27(60)14-58-33-29(31(54-58)34(44)45)18-11-19(18)37(33,46)47/h2-8,10,12,18-19,23,26,34H,9,11,13-14H2,1H3,(H,52,60)(H,55,56). The Bertz CT molecular complexity index is 2790. The Morgan fingerprint density at radius 1 is 0.984 bits per heavy atom. The number of nitrogens with one attached hydrogen (secondary N) is 2. The first-order valence-electron chi connectivity index (χ1n) is 18.2. The van der Waals surface area contributed by atoms with Crippen molar-refractivity contribution in [2.45, 2.75) is 62.8 Å². The van der Waals surface area contributed by atoms with Gasteiger partial charge in [-0.05, 0) is 54.3 Å². The molecule has 2 aliphatic rings. The molecule has 1 amide bonds. The van der Waals surface area contributed by atoms with Crippen LogP contribution in [0.2, 0.25) is 5.02 Å². The molecule has 6 aromatic rings. The van der Waals surface area contributed by atoms with Gasteiger partial charge in [0.15, 0.2) is 5.82 Å². The van der Waals surface area contributed by atoms with Crippen molar-refractivity contribution in [1.29, 1.82) is 0 Å². The van der Waals surface area contributed by atoms with Gasteiger partial charge in [0.2, 0.25) is 5.91 Å². The Morgan fingerprint density at radius 2 is 1.71 bits per heavy atom. The van der Waals surface area contributed by atoms with E-state index >= 15 is 8.78 Å². The van der Waals surface area contributed by atoms with E-state index in [-0.39, 0.29) is 45.0 Å². The van der Waals surface area contributed by atoms with Crippen molar-refractivity contribution >= 4 is 46.2 Å². The van der Waals surface area contributed by atoms with Crippen LogP contribution in [0.5, 0.6) is 0 Å². The molecule has 0 aliphatic heterocycles. The number of hydrogen-bond acceptors (Lipinski definition) is 8. The lowest BCUT2D eigenvalue weighted by atomic mass is 10.0. The average Bonchev–Trinajstić information content (AvgIpc) is 3.70. The number of alkyl halides is 9. The molecule has 2 aliphatic carbocycles. The molecule has 2 N–H and O–H groups in total. The van der Waals surface area contributed by atoms with Crippen molar-refractivity contribution in [3.63, 3.8) is 0 Å². The lowest BCUT2D eigenvalue weighted by Gasteiger charge is -2.24. The van der Waals surface area contributed by atoms with Gasteiger partial charge in [0, 0.05) is 36.3 Å². The Labute approximate surface area is 350 Å². The molecule has 0 bridgehead atoms. The van der Waals surface area contributed by atoms with Crippen molar-refractivity contribution in [2.24, 2.45) is 5.92 Å². The van der Waals surface area contributed by atoms with Crippen molar-refractivity contribution in [3.8, 4) is 17.1 Å². The van der Waals surface area contributed by atoms with Crippen LogP contribution in [0.3, 0.4) is 0 Å². The van der Waals surface area contributed by atoms with Crippen LogP contribution in [-0.4, -0.2) is 52.7 Å². The summed E-state index contributed by atoms with van der Waals surface area (Å²) < 4.78 is 163. The van der Waals surface area contributed by atoms with Crippen molar-refractivity contribution in [1.82, 2.24) is 39.4 Å². The summed E-state index contributed by atoms with van der Waals surface area (Å²) in [5.74, 6) is -9.91. The van der Waals surface area contributed by atoms with E-state index in [1.165, 1.54) is 12.1 Å². The first-order valence-corrected chi connectivity index (χ1v) is 19.8. The lowest BCUT2D eigenvalue weighted by Crippen LogP contribution is -2.38. The fourth-order valence-electron chi connectivity index (χ4n) is 7.84. The number of rotatable bonds is 13. The smallest absolute Gasteiger partial charge is 0.344 e. The van der Waals surface area contributed by atoms with Gasteiger partial charge in [-0.2, -0.15) is 32.1 Å². The summed E-state index contributed by atoms with van der Waals surface area (Å²) in [6.07, 6.45) is -10.5. The largest absolute Gasteiger partial charge is 0.433 e. The van der Waals surface area contributed by atoms with Gasteiger partial charge < -0.3 is 10.0 Å². The molecule has 24 heteroatoms. The molecule has 3 atom stereocenters. The second kappa shape index (κ2) is 15.9. The van der Waals surface area contributed by atoms with Crippen LogP contribution in [0.15, 0.2) is 59.4 Å². The highest BCUT2D eigenvalue weighted by molar-refractivity contribution is 7.99. The number of halogens is 12. The summed E-state index contributed by atoms with van der Waals surface area (Å²) in [4.78, 5) is 36.6. The number of anilines is 1. The minimum Gasteiger partial charge on any atom is -0.344 e. The minimum absolute atomic E-state index is 0.00905. The molecule has 4 aromatic heterocycles. The van der Waals surface area contributed by atoms with Gasteiger partial charge in [-0.15, -0.1) is 0 Å². The van der Waals surface area contributed by atoms with Gasteiger partial charge in [-0.3, -0.25) is 23.5 Å². The molecule has 2 aromatic carbocycles. The van der Waals surface area contributed by atoms with Crippen LogP contribution in [-0.2, 0) is 36.4 Å². The summed E-state index contributed by atoms with van der Waals surface area (Å²) in [6.45, 7) is -2.19. The molecule has 62 heavy (non-hydrogen) atoms. The van der Waals surface area contributed by atoms with Gasteiger partial charge in [0.1, 0.15) is 47.6 Å². The van der Waals surface area contributed by atoms with Crippen LogP contribution < -0.4 is 15.6 Å². The predicted molar refractivity (Wildman–Crippen MR) is 202 cm³/mol. The van der Waals surface area contributed by atoms with E-state index in [2.05, 4.69) is 30.2 Å². The summed E-state index contributed by atoms with van der Waals surface area (Å²) in [5, 5.41) is 10.3. The first-order chi connectivity index (χ1) is 29.3. The number of carbonyl (C=O) groups excluding carboxylic acids is 1. The highest BCUT2D eigenvalue weighted by Gasteiger charge is 2.67. The van der Waals surface area contributed by atoms with Gasteiger partial charge in [-0.25, -0.2) is 36.3 Å². The van der Waals surface area contributed by atoms with Crippen LogP contribution >= 0.6 is 23.5 Å². The van der Waals surface area contributed by atoms with Gasteiger partial charge in [-0.1, -0.05) is 29.6 Å². The summed E-state index contributed by atoms with van der Waals surface area (Å²) in [6, 6.07) is 6.29. The summed E-state index contributed by atoms with van der Waals surface area (Å²) in [7, 11) is 0. The van der Waals surface area contributed by atoms with E-state index in [0.717, 1.165) is 51.5 Å². The van der Waals surface area contributed by atoms with Crippen molar-refractivity contribution in [3.05, 3.63) is 116 Å². The fourth-order valence-corrected chi connectivity index (χ4v) is 8.42. The highest BCUT2D eigenvalue weighted by Crippen LogP contribution is 2.68. The Hall–Kier alpha value is -5.71. The topological polar surface area (TPSA) is 125 Å². The molecule has 8 rings (SSSR count). The second-order valence-corrected chi connectivity index (χ2v) is 15.4. The normalized spacial score (nSPS) is 17.1. The highest BCUT2D eigenvalue weighted by atomic mass is 35.5. The molecular formula is C38H27ClF11N9O2S. The lowest BCUT2D eigenvalue weighted by molar-refractivity contribution is -0.141.